The molecule has 1 aromatic carbocycles. The van der Waals surface area contributed by atoms with Crippen molar-refractivity contribution in [2.45, 2.75) is 64.7 Å². The van der Waals surface area contributed by atoms with Gasteiger partial charge in [0.1, 0.15) is 5.60 Å². The highest BCUT2D eigenvalue weighted by Gasteiger charge is 2.39. The molecule has 0 radical (unpaired) electrons. The lowest BCUT2D eigenvalue weighted by Gasteiger charge is -2.43. The molecule has 38 heavy (non-hydrogen) atoms. The van der Waals surface area contributed by atoms with Gasteiger partial charge in [-0.15, -0.1) is 0 Å². The molecule has 2 aromatic rings. The van der Waals surface area contributed by atoms with Crippen molar-refractivity contribution in [1.29, 1.82) is 0 Å². The average Bonchev–Trinajstić information content (AvgIpc) is 2.80. The van der Waals surface area contributed by atoms with Gasteiger partial charge in [0.2, 0.25) is 5.82 Å². The van der Waals surface area contributed by atoms with Crippen LogP contribution in [0.3, 0.4) is 0 Å². The van der Waals surface area contributed by atoms with Gasteiger partial charge in [0, 0.05) is 44.5 Å². The Morgan fingerprint density at radius 1 is 0.921 bits per heavy atom. The Labute approximate surface area is 216 Å². The quantitative estimate of drug-likeness (QED) is 0.463. The van der Waals surface area contributed by atoms with Crippen molar-refractivity contribution in [2.24, 2.45) is 0 Å². The third-order valence-corrected chi connectivity index (χ3v) is 6.55. The van der Waals surface area contributed by atoms with Crippen LogP contribution >= 0.6 is 0 Å². The van der Waals surface area contributed by atoms with Crippen LogP contribution in [0.5, 0.6) is 0 Å². The van der Waals surface area contributed by atoms with Gasteiger partial charge in [-0.05, 0) is 57.4 Å². The van der Waals surface area contributed by atoms with Crippen LogP contribution in [-0.2, 0) is 30.1 Å². The number of piperazine rings is 1. The van der Waals surface area contributed by atoms with Crippen molar-refractivity contribution in [2.75, 3.05) is 36.0 Å². The van der Waals surface area contributed by atoms with Gasteiger partial charge in [-0.25, -0.2) is 14.8 Å². The summed E-state index contributed by atoms with van der Waals surface area (Å²) in [5.41, 5.74) is 0.118. The Kier molecular flexibility index (Phi) is 7.17. The van der Waals surface area contributed by atoms with Gasteiger partial charge in [0.15, 0.2) is 0 Å². The Morgan fingerprint density at radius 2 is 1.58 bits per heavy atom. The second kappa shape index (κ2) is 9.81. The van der Waals surface area contributed by atoms with Crippen molar-refractivity contribution in [3.05, 3.63) is 47.0 Å². The van der Waals surface area contributed by atoms with E-state index in [9.17, 15) is 31.1 Å². The van der Waals surface area contributed by atoms with E-state index in [2.05, 4.69) is 9.97 Å². The maximum Gasteiger partial charge on any atom is 0.451 e. The molecule has 0 N–H and O–H groups in total. The molecule has 1 atom stereocenters. The molecule has 0 bridgehead atoms. The van der Waals surface area contributed by atoms with Gasteiger partial charge in [-0.1, -0.05) is 0 Å². The lowest BCUT2D eigenvalue weighted by atomic mass is 9.91. The minimum atomic E-state index is -4.69. The molecule has 0 saturated carbocycles. The smallest absolute Gasteiger partial charge is 0.444 e. The molecule has 1 fully saturated rings. The first-order valence-corrected chi connectivity index (χ1v) is 12.2. The van der Waals surface area contributed by atoms with Crippen molar-refractivity contribution < 1.29 is 35.9 Å². The highest BCUT2D eigenvalue weighted by atomic mass is 19.4. The predicted octanol–water partition coefficient (Wildman–Crippen LogP) is 5.52. The molecule has 208 valence electrons. The van der Waals surface area contributed by atoms with E-state index in [-0.39, 0.29) is 36.8 Å². The van der Waals surface area contributed by atoms with Crippen LogP contribution in [-0.4, -0.2) is 58.8 Å². The van der Waals surface area contributed by atoms with Gasteiger partial charge in [-0.2, -0.15) is 26.3 Å². The molecule has 1 amide bonds. The summed E-state index contributed by atoms with van der Waals surface area (Å²) in [5.74, 6) is -1.28. The second-order valence-electron chi connectivity index (χ2n) is 10.5. The first-order chi connectivity index (χ1) is 17.5. The van der Waals surface area contributed by atoms with Crippen LogP contribution in [0, 0.1) is 0 Å². The summed E-state index contributed by atoms with van der Waals surface area (Å²) in [5, 5.41) is 0. The highest BCUT2D eigenvalue weighted by molar-refractivity contribution is 5.70. The summed E-state index contributed by atoms with van der Waals surface area (Å²) in [4.78, 5) is 24.6. The van der Waals surface area contributed by atoms with Crippen LogP contribution in [0.1, 0.15) is 50.2 Å². The summed E-state index contributed by atoms with van der Waals surface area (Å²) >= 11 is 0. The zero-order chi connectivity index (χ0) is 28.0. The summed E-state index contributed by atoms with van der Waals surface area (Å²) in [6, 6.07) is 2.25. The Balaban J connectivity index is 1.62. The Morgan fingerprint density at radius 3 is 2.13 bits per heavy atom. The lowest BCUT2D eigenvalue weighted by molar-refractivity contribution is -0.145. The number of rotatable bonds is 2. The summed E-state index contributed by atoms with van der Waals surface area (Å²) < 4.78 is 85.7. The molecule has 13 heteroatoms. The molecule has 2 aliphatic heterocycles. The summed E-state index contributed by atoms with van der Waals surface area (Å²) in [6.45, 7) is 8.45. The van der Waals surface area contributed by atoms with E-state index in [4.69, 9.17) is 4.74 Å². The maximum absolute atomic E-state index is 13.9. The monoisotopic (exact) mass is 545 g/mol. The fourth-order valence-corrected chi connectivity index (χ4v) is 4.84. The third-order valence-electron chi connectivity index (χ3n) is 6.55. The van der Waals surface area contributed by atoms with Crippen molar-refractivity contribution >= 4 is 17.5 Å². The van der Waals surface area contributed by atoms with E-state index >= 15 is 0 Å². The van der Waals surface area contributed by atoms with Crippen molar-refractivity contribution in [3.8, 4) is 0 Å². The number of alkyl halides is 6. The fourth-order valence-electron chi connectivity index (χ4n) is 4.84. The number of fused-ring (bicyclic) bond motifs is 1. The van der Waals surface area contributed by atoms with Crippen LogP contribution in [0.15, 0.2) is 24.5 Å². The highest BCUT2D eigenvalue weighted by Crippen LogP contribution is 2.41. The number of halogens is 6. The summed E-state index contributed by atoms with van der Waals surface area (Å²) in [6.07, 6.45) is -7.57. The number of amides is 1. The number of aromatic nitrogens is 2. The average molecular weight is 546 g/mol. The van der Waals surface area contributed by atoms with Gasteiger partial charge in [-0.3, -0.25) is 0 Å². The zero-order valence-corrected chi connectivity index (χ0v) is 21.4. The minimum absolute atomic E-state index is 0.0456. The van der Waals surface area contributed by atoms with Gasteiger partial charge in [0.05, 0.1) is 23.6 Å². The number of carbonyl (C=O) groups is 1. The van der Waals surface area contributed by atoms with Gasteiger partial charge < -0.3 is 19.4 Å². The van der Waals surface area contributed by atoms with E-state index in [1.54, 1.807) is 30.6 Å². The molecule has 3 heterocycles. The second-order valence-corrected chi connectivity index (χ2v) is 10.5. The Hall–Kier alpha value is -3.25. The van der Waals surface area contributed by atoms with E-state index in [1.807, 2.05) is 11.8 Å². The number of carbonyl (C=O) groups excluding carboxylic acids is 1. The van der Waals surface area contributed by atoms with E-state index < -0.39 is 35.4 Å². The van der Waals surface area contributed by atoms with Crippen molar-refractivity contribution in [3.63, 3.8) is 0 Å². The molecular weight excluding hydrogens is 516 g/mol. The van der Waals surface area contributed by atoms with Crippen molar-refractivity contribution in [1.82, 2.24) is 14.9 Å². The number of hydrogen-bond donors (Lipinski definition) is 0. The molecular formula is C25H29F6N5O2. The predicted molar refractivity (Wildman–Crippen MR) is 128 cm³/mol. The molecule has 4 rings (SSSR count). The van der Waals surface area contributed by atoms with Crippen LogP contribution < -0.4 is 9.80 Å². The topological polar surface area (TPSA) is 61.8 Å². The number of hydrogen-bond acceptors (Lipinski definition) is 6. The maximum atomic E-state index is 13.9. The number of benzene rings is 1. The molecule has 1 saturated heterocycles. The van der Waals surface area contributed by atoms with Crippen LogP contribution in [0.4, 0.5) is 42.5 Å². The van der Waals surface area contributed by atoms with Gasteiger partial charge >= 0.3 is 18.4 Å². The number of ether oxygens (including phenoxy) is 1. The summed E-state index contributed by atoms with van der Waals surface area (Å²) in [7, 11) is 0. The molecule has 2 aliphatic rings. The van der Waals surface area contributed by atoms with Crippen LogP contribution in [0.25, 0.3) is 0 Å². The standard InChI is InChI=1S/C25H29F6N5O2/c1-15-13-35(9-10-36(15)22(37)38-23(2,3)4)20-6-5-19(24(26,27)28)17-7-8-34(14-18(17)20)16-11-32-21(33-12-16)25(29,30)31/h5-6,11-12,15H,7-10,13-14H2,1-4H3. The van der Waals surface area contributed by atoms with E-state index in [1.165, 1.54) is 6.07 Å². The SMILES string of the molecule is CC1CN(c2ccc(C(F)(F)F)c3c2CN(c2cnc(C(F)(F)F)nc2)CC3)CCN1C(=O)OC(C)(C)C. The molecule has 7 nitrogen and oxygen atoms in total. The molecule has 1 unspecified atom stereocenters. The zero-order valence-electron chi connectivity index (χ0n) is 21.4. The van der Waals surface area contributed by atoms with Gasteiger partial charge in [0.25, 0.3) is 0 Å². The minimum Gasteiger partial charge on any atom is -0.444 e. The molecule has 0 spiro atoms. The number of nitrogens with zero attached hydrogens (tertiary/aromatic N) is 5. The normalized spacial score (nSPS) is 18.9. The number of anilines is 2. The first-order valence-electron chi connectivity index (χ1n) is 12.2. The molecule has 1 aromatic heterocycles. The van der Waals surface area contributed by atoms with E-state index in [0.717, 1.165) is 18.5 Å². The first kappa shape index (κ1) is 27.8. The third kappa shape index (κ3) is 5.91. The fraction of sp³-hybridized carbons (Fsp3) is 0.560. The Bertz CT molecular complexity index is 1180. The van der Waals surface area contributed by atoms with Crippen LogP contribution in [0.2, 0.25) is 0 Å². The van der Waals surface area contributed by atoms with E-state index in [0.29, 0.717) is 30.9 Å². The largest absolute Gasteiger partial charge is 0.451 e. The molecule has 0 aliphatic carbocycles. The lowest BCUT2D eigenvalue weighted by Crippen LogP contribution is -2.55.